The van der Waals surface area contributed by atoms with Crippen LogP contribution >= 0.6 is 0 Å². The number of carbonyl (C=O) groups is 1. The maximum absolute atomic E-state index is 13.9. The van der Waals surface area contributed by atoms with Crippen LogP contribution < -0.4 is 0 Å². The smallest absolute Gasteiger partial charge is 0.458 e. The molecular formula is C17H13F5O4S. The van der Waals surface area contributed by atoms with Crippen molar-refractivity contribution >= 4 is 15.8 Å². The summed E-state index contributed by atoms with van der Waals surface area (Å²) in [5, 5.41) is 9.09. The lowest BCUT2D eigenvalue weighted by Crippen LogP contribution is -2.35. The van der Waals surface area contributed by atoms with E-state index in [2.05, 4.69) is 0 Å². The molecule has 0 aliphatic carbocycles. The number of benzene rings is 2. The van der Waals surface area contributed by atoms with E-state index in [1.54, 1.807) is 6.92 Å². The summed E-state index contributed by atoms with van der Waals surface area (Å²) in [7, 11) is -4.13. The quantitative estimate of drug-likeness (QED) is 0.761. The second-order valence-corrected chi connectivity index (χ2v) is 7.89. The van der Waals surface area contributed by atoms with Crippen LogP contribution in [-0.4, -0.2) is 31.9 Å². The topological polar surface area (TPSA) is 71.4 Å². The maximum Gasteiger partial charge on any atom is 0.458 e. The molecule has 0 saturated heterocycles. The minimum atomic E-state index is -6.06. The monoisotopic (exact) mass is 408 g/mol. The molecular weight excluding hydrogens is 395 g/mol. The van der Waals surface area contributed by atoms with Crippen molar-refractivity contribution in [2.75, 3.05) is 6.26 Å². The van der Waals surface area contributed by atoms with Gasteiger partial charge in [-0.15, -0.1) is 0 Å². The van der Waals surface area contributed by atoms with Crippen molar-refractivity contribution in [1.82, 2.24) is 0 Å². The van der Waals surface area contributed by atoms with Crippen molar-refractivity contribution < 1.29 is 40.3 Å². The first kappa shape index (κ1) is 20.8. The highest BCUT2D eigenvalue weighted by molar-refractivity contribution is 7.90. The Labute approximate surface area is 151 Å². The fourth-order valence-corrected chi connectivity index (χ4v) is 3.34. The predicted molar refractivity (Wildman–Crippen MR) is 86.6 cm³/mol. The molecule has 2 rings (SSSR count). The van der Waals surface area contributed by atoms with E-state index in [-0.39, 0.29) is 11.6 Å². The minimum absolute atomic E-state index is 0.0530. The van der Waals surface area contributed by atoms with Crippen LogP contribution in [0.4, 0.5) is 22.0 Å². The van der Waals surface area contributed by atoms with Gasteiger partial charge in [-0.2, -0.15) is 22.0 Å². The predicted octanol–water partition coefficient (Wildman–Crippen LogP) is 4.42. The van der Waals surface area contributed by atoms with Crippen LogP contribution in [0.1, 0.15) is 21.5 Å². The van der Waals surface area contributed by atoms with Gasteiger partial charge in [0.15, 0.2) is 9.84 Å². The number of alkyl halides is 5. The summed E-state index contributed by atoms with van der Waals surface area (Å²) in [6.45, 7) is 1.69. The number of aromatic carboxylic acids is 1. The third kappa shape index (κ3) is 3.95. The third-order valence-electron chi connectivity index (χ3n) is 3.81. The van der Waals surface area contributed by atoms with E-state index in [0.29, 0.717) is 12.3 Å². The zero-order valence-corrected chi connectivity index (χ0v) is 14.8. The molecule has 0 spiro atoms. The van der Waals surface area contributed by atoms with Gasteiger partial charge in [-0.05, 0) is 24.6 Å². The third-order valence-corrected chi connectivity index (χ3v) is 4.94. The molecule has 0 saturated carbocycles. The molecule has 146 valence electrons. The lowest BCUT2D eigenvalue weighted by molar-refractivity contribution is -0.289. The molecule has 0 aliphatic rings. The SMILES string of the molecule is Cc1ccc(-c2cc(C(F)(F)C(F)(F)F)c(C(=O)O)cc2S(C)(=O)=O)cc1. The van der Waals surface area contributed by atoms with Crippen molar-refractivity contribution in [3.63, 3.8) is 0 Å². The molecule has 0 amide bonds. The van der Waals surface area contributed by atoms with Crippen LogP contribution in [0.5, 0.6) is 0 Å². The zero-order chi connectivity index (χ0) is 20.8. The summed E-state index contributed by atoms with van der Waals surface area (Å²) in [5.74, 6) is -7.59. The number of carboxylic acid groups (broad SMARTS) is 1. The second kappa shape index (κ2) is 6.59. The molecule has 0 heterocycles. The van der Waals surface area contributed by atoms with Crippen molar-refractivity contribution in [1.29, 1.82) is 0 Å². The van der Waals surface area contributed by atoms with Gasteiger partial charge in [-0.3, -0.25) is 0 Å². The Hall–Kier alpha value is -2.49. The van der Waals surface area contributed by atoms with Crippen molar-refractivity contribution in [2.45, 2.75) is 23.9 Å². The zero-order valence-electron chi connectivity index (χ0n) is 13.9. The lowest BCUT2D eigenvalue weighted by Gasteiger charge is -2.23. The molecule has 10 heteroatoms. The summed E-state index contributed by atoms with van der Waals surface area (Å²) < 4.78 is 90.4. The van der Waals surface area contributed by atoms with Gasteiger partial charge in [0.25, 0.3) is 0 Å². The van der Waals surface area contributed by atoms with Gasteiger partial charge in [0.2, 0.25) is 0 Å². The molecule has 0 radical (unpaired) electrons. The molecule has 0 aromatic heterocycles. The van der Waals surface area contributed by atoms with Gasteiger partial charge in [-0.1, -0.05) is 29.8 Å². The van der Waals surface area contributed by atoms with Crippen molar-refractivity contribution in [3.8, 4) is 11.1 Å². The Balaban J connectivity index is 2.96. The lowest BCUT2D eigenvalue weighted by atomic mass is 9.94. The fourth-order valence-electron chi connectivity index (χ4n) is 2.43. The molecule has 0 bridgehead atoms. The number of hydrogen-bond donors (Lipinski definition) is 1. The number of sulfone groups is 1. The molecule has 0 atom stereocenters. The van der Waals surface area contributed by atoms with Gasteiger partial charge < -0.3 is 5.11 Å². The Bertz CT molecular complexity index is 993. The maximum atomic E-state index is 13.9. The van der Waals surface area contributed by atoms with E-state index in [1.165, 1.54) is 24.3 Å². The largest absolute Gasteiger partial charge is 0.478 e. The highest BCUT2D eigenvalue weighted by atomic mass is 32.2. The summed E-state index contributed by atoms with van der Waals surface area (Å²) in [6, 6.07) is 6.31. The van der Waals surface area contributed by atoms with Crippen LogP contribution in [0.25, 0.3) is 11.1 Å². The molecule has 0 unspecified atom stereocenters. The van der Waals surface area contributed by atoms with Crippen LogP contribution in [0, 0.1) is 6.92 Å². The molecule has 2 aromatic rings. The molecule has 27 heavy (non-hydrogen) atoms. The summed E-state index contributed by atoms with van der Waals surface area (Å²) in [5.41, 5.74) is -2.92. The molecule has 2 aromatic carbocycles. The average molecular weight is 408 g/mol. The van der Waals surface area contributed by atoms with E-state index >= 15 is 0 Å². The minimum Gasteiger partial charge on any atom is -0.478 e. The van der Waals surface area contributed by atoms with Crippen molar-refractivity contribution in [3.05, 3.63) is 53.1 Å². The van der Waals surface area contributed by atoms with E-state index in [4.69, 9.17) is 5.11 Å². The standard InChI is InChI=1S/C17H13F5O4S/c1-9-3-5-10(6-4-9)11-7-13(16(18,19)17(20,21)22)12(15(23)24)8-14(11)27(2,25)26/h3-8H,1-2H3,(H,23,24). The van der Waals surface area contributed by atoms with Gasteiger partial charge >= 0.3 is 18.1 Å². The van der Waals surface area contributed by atoms with Crippen LogP contribution in [0.15, 0.2) is 41.3 Å². The first-order valence-corrected chi connectivity index (χ1v) is 9.19. The van der Waals surface area contributed by atoms with Gasteiger partial charge in [0.1, 0.15) is 0 Å². The Morgan fingerprint density at radius 3 is 1.93 bits per heavy atom. The first-order valence-electron chi connectivity index (χ1n) is 7.29. The Kier molecular flexibility index (Phi) is 5.08. The normalized spacial score (nSPS) is 12.9. The van der Waals surface area contributed by atoms with Gasteiger partial charge in [0, 0.05) is 17.4 Å². The average Bonchev–Trinajstić information content (AvgIpc) is 2.52. The summed E-state index contributed by atoms with van der Waals surface area (Å²) in [6.07, 6.45) is -5.36. The first-order chi connectivity index (χ1) is 12.2. The van der Waals surface area contributed by atoms with Crippen LogP contribution in [-0.2, 0) is 15.8 Å². The number of halogens is 5. The molecule has 4 nitrogen and oxygen atoms in total. The number of rotatable bonds is 4. The number of hydrogen-bond acceptors (Lipinski definition) is 3. The summed E-state index contributed by atoms with van der Waals surface area (Å²) in [4.78, 5) is 10.6. The second-order valence-electron chi connectivity index (χ2n) is 5.91. The van der Waals surface area contributed by atoms with Crippen molar-refractivity contribution in [2.24, 2.45) is 0 Å². The highest BCUT2D eigenvalue weighted by Gasteiger charge is 2.60. The van der Waals surface area contributed by atoms with Gasteiger partial charge in [0.05, 0.1) is 10.5 Å². The Morgan fingerprint density at radius 2 is 1.52 bits per heavy atom. The van der Waals surface area contributed by atoms with E-state index in [9.17, 15) is 35.2 Å². The van der Waals surface area contributed by atoms with E-state index < -0.39 is 49.5 Å². The number of carboxylic acids is 1. The summed E-state index contributed by atoms with van der Waals surface area (Å²) >= 11 is 0. The van der Waals surface area contributed by atoms with Crippen LogP contribution in [0.2, 0.25) is 0 Å². The Morgan fingerprint density at radius 1 is 1.00 bits per heavy atom. The van der Waals surface area contributed by atoms with Crippen LogP contribution in [0.3, 0.4) is 0 Å². The van der Waals surface area contributed by atoms with E-state index in [0.717, 1.165) is 5.56 Å². The molecule has 0 aliphatic heterocycles. The van der Waals surface area contributed by atoms with E-state index in [1.807, 2.05) is 0 Å². The molecule has 1 N–H and O–H groups in total. The number of aryl methyl sites for hydroxylation is 1. The van der Waals surface area contributed by atoms with Gasteiger partial charge in [-0.25, -0.2) is 13.2 Å². The highest BCUT2D eigenvalue weighted by Crippen LogP contribution is 2.47. The molecule has 0 fully saturated rings. The fraction of sp³-hybridized carbons (Fsp3) is 0.235.